The minimum atomic E-state index is -0.673. The van der Waals surface area contributed by atoms with E-state index < -0.39 is 5.60 Å². The third-order valence-corrected chi connectivity index (χ3v) is 6.65. The molecule has 1 saturated heterocycles. The van der Waals surface area contributed by atoms with Crippen LogP contribution >= 0.6 is 23.1 Å². The summed E-state index contributed by atoms with van der Waals surface area (Å²) in [6, 6.07) is 6.31. The first-order valence-corrected chi connectivity index (χ1v) is 10.8. The van der Waals surface area contributed by atoms with Gasteiger partial charge in [0.2, 0.25) is 0 Å². The zero-order valence-corrected chi connectivity index (χ0v) is 16.6. The summed E-state index contributed by atoms with van der Waals surface area (Å²) in [7, 11) is 0. The smallest absolute Gasteiger partial charge is 0.139 e. The van der Waals surface area contributed by atoms with E-state index in [-0.39, 0.29) is 0 Å². The SMILES string of the molecule is CSc1ccc2ncnc(N3CCC(O)(Cc4nc(C)cs4)CC3)c2c1. The Kier molecular flexibility index (Phi) is 4.86. The van der Waals surface area contributed by atoms with Crippen molar-refractivity contribution in [3.63, 3.8) is 0 Å². The van der Waals surface area contributed by atoms with Gasteiger partial charge in [0.15, 0.2) is 0 Å². The van der Waals surface area contributed by atoms with Gasteiger partial charge in [0.05, 0.1) is 16.1 Å². The van der Waals surface area contributed by atoms with Crippen LogP contribution in [0.4, 0.5) is 5.82 Å². The third kappa shape index (κ3) is 3.56. The lowest BCUT2D eigenvalue weighted by atomic mass is 9.88. The van der Waals surface area contributed by atoms with Crippen LogP contribution in [0.25, 0.3) is 10.9 Å². The standard InChI is InChI=1S/C19H22N4OS2/c1-13-11-26-17(22-13)10-19(24)5-7-23(8-6-19)18-15-9-14(25-2)3-4-16(15)20-12-21-18/h3-4,9,11-12,24H,5-8,10H2,1-2H3. The molecule has 1 fully saturated rings. The van der Waals surface area contributed by atoms with E-state index in [0.29, 0.717) is 6.42 Å². The first-order valence-electron chi connectivity index (χ1n) is 8.73. The molecule has 0 atom stereocenters. The molecule has 0 saturated carbocycles. The maximum Gasteiger partial charge on any atom is 0.139 e. The topological polar surface area (TPSA) is 62.1 Å². The molecular weight excluding hydrogens is 364 g/mol. The number of aryl methyl sites for hydroxylation is 1. The Morgan fingerprint density at radius 3 is 2.77 bits per heavy atom. The van der Waals surface area contributed by atoms with E-state index in [9.17, 15) is 5.11 Å². The number of hydrogen-bond acceptors (Lipinski definition) is 7. The second kappa shape index (κ2) is 7.13. The van der Waals surface area contributed by atoms with E-state index >= 15 is 0 Å². The molecule has 4 rings (SSSR count). The molecule has 1 N–H and O–H groups in total. The molecule has 1 aliphatic heterocycles. The first-order chi connectivity index (χ1) is 12.6. The van der Waals surface area contributed by atoms with E-state index in [1.807, 2.05) is 12.3 Å². The van der Waals surface area contributed by atoms with Crippen LogP contribution in [0, 0.1) is 6.92 Å². The minimum Gasteiger partial charge on any atom is -0.389 e. The van der Waals surface area contributed by atoms with Gasteiger partial charge in [-0.25, -0.2) is 15.0 Å². The molecule has 136 valence electrons. The molecule has 2 aromatic heterocycles. The molecule has 0 spiro atoms. The number of rotatable bonds is 4. The quantitative estimate of drug-likeness (QED) is 0.690. The fraction of sp³-hybridized carbons (Fsp3) is 0.421. The fourth-order valence-electron chi connectivity index (χ4n) is 3.48. The number of hydrogen-bond donors (Lipinski definition) is 1. The van der Waals surface area contributed by atoms with Crippen LogP contribution in [-0.2, 0) is 6.42 Å². The summed E-state index contributed by atoms with van der Waals surface area (Å²) in [4.78, 5) is 16.9. The number of thiazole rings is 1. The van der Waals surface area contributed by atoms with Crippen molar-refractivity contribution in [3.8, 4) is 0 Å². The largest absolute Gasteiger partial charge is 0.389 e. The summed E-state index contributed by atoms with van der Waals surface area (Å²) in [5.41, 5.74) is 1.32. The lowest BCUT2D eigenvalue weighted by molar-refractivity contribution is 0.0164. The predicted molar refractivity (Wildman–Crippen MR) is 108 cm³/mol. The Labute approximate surface area is 161 Å². The van der Waals surface area contributed by atoms with E-state index in [2.05, 4.69) is 44.3 Å². The van der Waals surface area contributed by atoms with Crippen molar-refractivity contribution in [2.24, 2.45) is 0 Å². The normalized spacial score (nSPS) is 17.0. The van der Waals surface area contributed by atoms with Gasteiger partial charge < -0.3 is 10.0 Å². The van der Waals surface area contributed by atoms with Crippen molar-refractivity contribution in [2.75, 3.05) is 24.2 Å². The van der Waals surface area contributed by atoms with Crippen LogP contribution in [0.15, 0.2) is 34.8 Å². The van der Waals surface area contributed by atoms with Crippen LogP contribution in [0.1, 0.15) is 23.5 Å². The highest BCUT2D eigenvalue weighted by molar-refractivity contribution is 7.98. The number of thioether (sulfide) groups is 1. The van der Waals surface area contributed by atoms with Gasteiger partial charge in [-0.05, 0) is 44.2 Å². The average molecular weight is 387 g/mol. The van der Waals surface area contributed by atoms with Gasteiger partial charge in [0.25, 0.3) is 0 Å². The molecule has 3 aromatic rings. The molecule has 0 bridgehead atoms. The van der Waals surface area contributed by atoms with Gasteiger partial charge in [0, 0.05) is 40.9 Å². The Bertz CT molecular complexity index is 919. The van der Waals surface area contributed by atoms with E-state index in [4.69, 9.17) is 0 Å². The van der Waals surface area contributed by atoms with Gasteiger partial charge in [-0.2, -0.15) is 0 Å². The Hall–Kier alpha value is -1.70. The van der Waals surface area contributed by atoms with Gasteiger partial charge >= 0.3 is 0 Å². The highest BCUT2D eigenvalue weighted by atomic mass is 32.2. The molecule has 0 aliphatic carbocycles. The zero-order valence-electron chi connectivity index (χ0n) is 15.0. The lowest BCUT2D eigenvalue weighted by Gasteiger charge is -2.38. The van der Waals surface area contributed by atoms with Crippen LogP contribution < -0.4 is 4.90 Å². The van der Waals surface area contributed by atoms with Crippen LogP contribution in [-0.4, -0.2) is 45.0 Å². The van der Waals surface area contributed by atoms with Crippen molar-refractivity contribution in [2.45, 2.75) is 36.7 Å². The summed E-state index contributed by atoms with van der Waals surface area (Å²) in [6.45, 7) is 3.57. The molecule has 5 nitrogen and oxygen atoms in total. The van der Waals surface area contributed by atoms with E-state index in [1.54, 1.807) is 29.4 Å². The van der Waals surface area contributed by atoms with Gasteiger partial charge in [-0.3, -0.25) is 0 Å². The Morgan fingerprint density at radius 1 is 1.27 bits per heavy atom. The molecule has 0 amide bonds. The lowest BCUT2D eigenvalue weighted by Crippen LogP contribution is -2.46. The van der Waals surface area contributed by atoms with Gasteiger partial charge in [0.1, 0.15) is 12.1 Å². The van der Waals surface area contributed by atoms with Gasteiger partial charge in [-0.1, -0.05) is 0 Å². The molecule has 1 aliphatic rings. The summed E-state index contributed by atoms with van der Waals surface area (Å²) < 4.78 is 0. The summed E-state index contributed by atoms with van der Waals surface area (Å²) in [5, 5.41) is 15.2. The zero-order chi connectivity index (χ0) is 18.1. The molecule has 26 heavy (non-hydrogen) atoms. The van der Waals surface area contributed by atoms with Crippen LogP contribution in [0.3, 0.4) is 0 Å². The van der Waals surface area contributed by atoms with Crippen LogP contribution in [0.5, 0.6) is 0 Å². The first kappa shape index (κ1) is 17.7. The van der Waals surface area contributed by atoms with Crippen LogP contribution in [0.2, 0.25) is 0 Å². The average Bonchev–Trinajstić information content (AvgIpc) is 3.05. The van der Waals surface area contributed by atoms with Crippen molar-refractivity contribution in [1.29, 1.82) is 0 Å². The molecule has 1 aromatic carbocycles. The third-order valence-electron chi connectivity index (χ3n) is 4.96. The van der Waals surface area contributed by atoms with Crippen molar-refractivity contribution < 1.29 is 5.11 Å². The van der Waals surface area contributed by atoms with E-state index in [1.165, 1.54) is 4.90 Å². The number of nitrogens with zero attached hydrogens (tertiary/aromatic N) is 4. The number of anilines is 1. The second-order valence-corrected chi connectivity index (χ2v) is 8.67. The Balaban J connectivity index is 1.53. The number of aromatic nitrogens is 3. The second-order valence-electron chi connectivity index (χ2n) is 6.85. The molecule has 0 radical (unpaired) electrons. The van der Waals surface area contributed by atoms with Crippen molar-refractivity contribution in [1.82, 2.24) is 15.0 Å². The molecular formula is C19H22N4OS2. The van der Waals surface area contributed by atoms with Crippen molar-refractivity contribution >= 4 is 39.8 Å². The number of piperidine rings is 1. The fourth-order valence-corrected chi connectivity index (χ4v) is 4.83. The molecule has 7 heteroatoms. The number of fused-ring (bicyclic) bond motifs is 1. The monoisotopic (exact) mass is 386 g/mol. The minimum absolute atomic E-state index is 0.639. The Morgan fingerprint density at radius 2 is 2.08 bits per heavy atom. The predicted octanol–water partition coefficient (Wildman–Crippen LogP) is 3.69. The van der Waals surface area contributed by atoms with Gasteiger partial charge in [-0.15, -0.1) is 23.1 Å². The number of aliphatic hydroxyl groups is 1. The highest BCUT2D eigenvalue weighted by Gasteiger charge is 2.34. The summed E-state index contributed by atoms with van der Waals surface area (Å²) in [6.07, 6.45) is 5.79. The molecule has 3 heterocycles. The number of benzene rings is 1. The van der Waals surface area contributed by atoms with Crippen molar-refractivity contribution in [3.05, 3.63) is 40.6 Å². The molecule has 0 unspecified atom stereocenters. The summed E-state index contributed by atoms with van der Waals surface area (Å²) in [5.74, 6) is 0.970. The van der Waals surface area contributed by atoms with E-state index in [0.717, 1.165) is 53.4 Å². The highest BCUT2D eigenvalue weighted by Crippen LogP contribution is 2.33. The maximum atomic E-state index is 11.0. The maximum absolute atomic E-state index is 11.0. The summed E-state index contributed by atoms with van der Waals surface area (Å²) >= 11 is 3.36.